The van der Waals surface area contributed by atoms with Crippen molar-refractivity contribution in [3.05, 3.63) is 5.69 Å². The quantitative estimate of drug-likeness (QED) is 0.877. The summed E-state index contributed by atoms with van der Waals surface area (Å²) in [5, 5.41) is 4.55. The molecule has 0 amide bonds. The van der Waals surface area contributed by atoms with Gasteiger partial charge in [0.1, 0.15) is 0 Å². The van der Waals surface area contributed by atoms with Crippen molar-refractivity contribution < 1.29 is 0 Å². The lowest BCUT2D eigenvalue weighted by Crippen LogP contribution is -2.47. The van der Waals surface area contributed by atoms with Gasteiger partial charge in [-0.3, -0.25) is 0 Å². The summed E-state index contributed by atoms with van der Waals surface area (Å²) in [7, 11) is 0. The van der Waals surface area contributed by atoms with E-state index < -0.39 is 0 Å². The summed E-state index contributed by atoms with van der Waals surface area (Å²) in [6.45, 7) is 12.8. The molecule has 102 valence electrons. The van der Waals surface area contributed by atoms with E-state index in [4.69, 9.17) is 5.73 Å². The minimum absolute atomic E-state index is 0.855. The van der Waals surface area contributed by atoms with Gasteiger partial charge >= 0.3 is 0 Å². The zero-order chi connectivity index (χ0) is 13.1. The number of rotatable bonds is 4. The van der Waals surface area contributed by atoms with Crippen molar-refractivity contribution in [2.75, 3.05) is 43.4 Å². The summed E-state index contributed by atoms with van der Waals surface area (Å²) < 4.78 is 2.08. The first-order valence-electron chi connectivity index (χ1n) is 6.97. The molecule has 2 rings (SSSR count). The molecule has 0 unspecified atom stereocenters. The second kappa shape index (κ2) is 5.61. The smallest absolute Gasteiger partial charge is 0.150 e. The Labute approximate surface area is 110 Å². The van der Waals surface area contributed by atoms with Crippen LogP contribution in [0.15, 0.2) is 0 Å². The summed E-state index contributed by atoms with van der Waals surface area (Å²) in [5.74, 6) is 1.13. The second-order valence-electron chi connectivity index (χ2n) is 4.97. The number of aryl methyl sites for hydroxylation is 2. The highest BCUT2D eigenvalue weighted by molar-refractivity contribution is 5.66. The highest BCUT2D eigenvalue weighted by Gasteiger charge is 2.22. The van der Waals surface area contributed by atoms with Gasteiger partial charge in [-0.05, 0) is 19.9 Å². The van der Waals surface area contributed by atoms with Crippen molar-refractivity contribution in [3.63, 3.8) is 0 Å². The Kier molecular flexibility index (Phi) is 4.11. The maximum absolute atomic E-state index is 6.19. The number of nitrogen functional groups attached to an aromatic ring is 1. The Bertz CT molecular complexity index is 390. The number of nitrogens with zero attached hydrogens (tertiary/aromatic N) is 4. The van der Waals surface area contributed by atoms with Gasteiger partial charge in [0, 0.05) is 32.7 Å². The molecule has 0 spiro atoms. The van der Waals surface area contributed by atoms with Crippen LogP contribution in [0, 0.1) is 6.92 Å². The lowest BCUT2D eigenvalue weighted by Gasteiger charge is -2.35. The zero-order valence-corrected chi connectivity index (χ0v) is 11.8. The number of hydrogen-bond donors (Lipinski definition) is 1. The van der Waals surface area contributed by atoms with Crippen LogP contribution >= 0.6 is 0 Å². The van der Waals surface area contributed by atoms with Crippen LogP contribution in [-0.4, -0.2) is 47.4 Å². The molecule has 1 aromatic heterocycles. The molecule has 0 radical (unpaired) electrons. The van der Waals surface area contributed by atoms with Gasteiger partial charge in [0.25, 0.3) is 0 Å². The predicted molar refractivity (Wildman–Crippen MR) is 76.0 cm³/mol. The van der Waals surface area contributed by atoms with E-state index in [9.17, 15) is 0 Å². The largest absolute Gasteiger partial charge is 0.394 e. The molecule has 1 saturated heterocycles. The van der Waals surface area contributed by atoms with Gasteiger partial charge in [0.05, 0.1) is 11.4 Å². The molecule has 5 nitrogen and oxygen atoms in total. The van der Waals surface area contributed by atoms with E-state index in [0.717, 1.165) is 62.9 Å². The molecule has 0 bridgehead atoms. The number of nitrogens with two attached hydrogens (primary N) is 1. The van der Waals surface area contributed by atoms with Crippen molar-refractivity contribution in [2.24, 2.45) is 0 Å². The third-order valence-electron chi connectivity index (χ3n) is 3.70. The molecule has 1 aromatic rings. The van der Waals surface area contributed by atoms with Gasteiger partial charge in [-0.15, -0.1) is 0 Å². The van der Waals surface area contributed by atoms with Gasteiger partial charge < -0.3 is 15.5 Å². The van der Waals surface area contributed by atoms with Crippen LogP contribution in [0.3, 0.4) is 0 Å². The lowest BCUT2D eigenvalue weighted by atomic mass is 10.3. The first-order chi connectivity index (χ1) is 8.67. The van der Waals surface area contributed by atoms with Crippen molar-refractivity contribution in [3.8, 4) is 0 Å². The van der Waals surface area contributed by atoms with E-state index >= 15 is 0 Å². The molecule has 18 heavy (non-hydrogen) atoms. The molecule has 5 heteroatoms. The first kappa shape index (κ1) is 13.2. The summed E-state index contributed by atoms with van der Waals surface area (Å²) in [5.41, 5.74) is 8.00. The Balaban J connectivity index is 2.17. The van der Waals surface area contributed by atoms with E-state index in [0.29, 0.717) is 0 Å². The topological polar surface area (TPSA) is 50.3 Å². The normalized spacial score (nSPS) is 17.4. The van der Waals surface area contributed by atoms with Crippen LogP contribution < -0.4 is 10.6 Å². The van der Waals surface area contributed by atoms with Crippen LogP contribution in [0.5, 0.6) is 0 Å². The van der Waals surface area contributed by atoms with E-state index in [2.05, 4.69) is 33.4 Å². The monoisotopic (exact) mass is 251 g/mol. The molecule has 0 aromatic carbocycles. The van der Waals surface area contributed by atoms with Crippen LogP contribution in [0.2, 0.25) is 0 Å². The average molecular weight is 251 g/mol. The maximum Gasteiger partial charge on any atom is 0.150 e. The maximum atomic E-state index is 6.19. The Morgan fingerprint density at radius 1 is 1.17 bits per heavy atom. The van der Waals surface area contributed by atoms with E-state index in [-0.39, 0.29) is 0 Å². The lowest BCUT2D eigenvalue weighted by molar-refractivity contribution is 0.269. The molecule has 0 atom stereocenters. The van der Waals surface area contributed by atoms with Crippen LogP contribution in [0.1, 0.15) is 26.0 Å². The third kappa shape index (κ3) is 2.46. The highest BCUT2D eigenvalue weighted by atomic mass is 15.4. The SMILES string of the molecule is CCCn1nc(C)c(N)c1N1CCN(CC)CC1. The number of anilines is 2. The van der Waals surface area contributed by atoms with E-state index in [1.165, 1.54) is 0 Å². The van der Waals surface area contributed by atoms with Gasteiger partial charge in [-0.2, -0.15) is 5.10 Å². The molecule has 0 aliphatic carbocycles. The molecule has 2 N–H and O–H groups in total. The Morgan fingerprint density at radius 2 is 1.83 bits per heavy atom. The summed E-state index contributed by atoms with van der Waals surface area (Å²) >= 11 is 0. The van der Waals surface area contributed by atoms with Crippen molar-refractivity contribution in [1.29, 1.82) is 0 Å². The molecular formula is C13H25N5. The molecule has 2 heterocycles. The predicted octanol–water partition coefficient (Wildman–Crippen LogP) is 1.33. The Morgan fingerprint density at radius 3 is 2.39 bits per heavy atom. The minimum Gasteiger partial charge on any atom is -0.394 e. The van der Waals surface area contributed by atoms with Gasteiger partial charge in [0.15, 0.2) is 5.82 Å². The third-order valence-corrected chi connectivity index (χ3v) is 3.70. The fourth-order valence-electron chi connectivity index (χ4n) is 2.56. The molecule has 1 aliphatic rings. The highest BCUT2D eigenvalue weighted by Crippen LogP contribution is 2.27. The number of piperazine rings is 1. The fraction of sp³-hybridized carbons (Fsp3) is 0.769. The number of likely N-dealkylation sites (N-methyl/N-ethyl adjacent to an activating group) is 1. The first-order valence-corrected chi connectivity index (χ1v) is 6.97. The summed E-state index contributed by atoms with van der Waals surface area (Å²) in [4.78, 5) is 4.86. The van der Waals surface area contributed by atoms with Gasteiger partial charge in [0.2, 0.25) is 0 Å². The van der Waals surface area contributed by atoms with Crippen molar-refractivity contribution in [1.82, 2.24) is 14.7 Å². The second-order valence-corrected chi connectivity index (χ2v) is 4.97. The molecule has 1 aliphatic heterocycles. The zero-order valence-electron chi connectivity index (χ0n) is 11.8. The number of aromatic nitrogens is 2. The standard InChI is InChI=1S/C13H25N5/c1-4-6-18-13(12(14)11(3)15-18)17-9-7-16(5-2)8-10-17/h4-10,14H2,1-3H3. The van der Waals surface area contributed by atoms with Crippen LogP contribution in [0.4, 0.5) is 11.5 Å². The Hall–Kier alpha value is -1.23. The average Bonchev–Trinajstić information content (AvgIpc) is 2.66. The number of hydrogen-bond acceptors (Lipinski definition) is 4. The fourth-order valence-corrected chi connectivity index (χ4v) is 2.56. The molecular weight excluding hydrogens is 226 g/mol. The van der Waals surface area contributed by atoms with Gasteiger partial charge in [-0.1, -0.05) is 13.8 Å². The minimum atomic E-state index is 0.855. The van der Waals surface area contributed by atoms with Gasteiger partial charge in [-0.25, -0.2) is 4.68 Å². The van der Waals surface area contributed by atoms with E-state index in [1.807, 2.05) is 6.92 Å². The van der Waals surface area contributed by atoms with Crippen LogP contribution in [0.25, 0.3) is 0 Å². The summed E-state index contributed by atoms with van der Waals surface area (Å²) in [6, 6.07) is 0. The van der Waals surface area contributed by atoms with Crippen LogP contribution in [-0.2, 0) is 6.54 Å². The van der Waals surface area contributed by atoms with E-state index in [1.54, 1.807) is 0 Å². The summed E-state index contributed by atoms with van der Waals surface area (Å²) in [6.07, 6.45) is 1.09. The van der Waals surface area contributed by atoms with Crippen molar-refractivity contribution >= 4 is 11.5 Å². The van der Waals surface area contributed by atoms with Crippen molar-refractivity contribution in [2.45, 2.75) is 33.7 Å². The molecule has 1 fully saturated rings. The molecule has 0 saturated carbocycles.